The average Bonchev–Trinajstić information content (AvgIpc) is 3.63. The largest absolute Gasteiger partial charge is 0.354 e. The molecule has 1 aromatic heterocycles. The molecule has 0 unspecified atom stereocenters. The molecule has 1 aliphatic rings. The third-order valence-corrected chi connectivity index (χ3v) is 6.86. The van der Waals surface area contributed by atoms with E-state index in [-0.39, 0.29) is 5.91 Å². The maximum absolute atomic E-state index is 13.5. The third kappa shape index (κ3) is 14.2. The van der Waals surface area contributed by atoms with Crippen LogP contribution in [0.1, 0.15) is 83.5 Å². The van der Waals surface area contributed by atoms with Crippen molar-refractivity contribution in [2.24, 2.45) is 11.8 Å². The lowest BCUT2D eigenvalue weighted by Crippen LogP contribution is -2.34. The normalized spacial score (nSPS) is 12.5. The molecule has 0 aliphatic carbocycles. The van der Waals surface area contributed by atoms with Gasteiger partial charge in [0.1, 0.15) is 0 Å². The summed E-state index contributed by atoms with van der Waals surface area (Å²) in [6, 6.07) is 5.86. The Morgan fingerprint density at radius 3 is 2.17 bits per heavy atom. The summed E-state index contributed by atoms with van der Waals surface area (Å²) in [5.41, 5.74) is 2.58. The molecule has 1 aliphatic heterocycles. The van der Waals surface area contributed by atoms with Crippen LogP contribution in [0.2, 0.25) is 0 Å². The first-order valence-corrected chi connectivity index (χ1v) is 15.7. The SMILES string of the molecule is C1CCNC1.CCCCn1c(NCCN(C)C=O)nc2ccc(C(=O)N(CCC(C)C)CCC(C)C)cc21.CNC. The number of carbonyl (C=O) groups excluding carboxylic acids is 2. The Kier molecular flexibility index (Phi) is 18.7. The predicted octanol–water partition coefficient (Wildman–Crippen LogP) is 5.08. The zero-order chi connectivity index (χ0) is 30.6. The molecule has 2 amide bonds. The quantitative estimate of drug-likeness (QED) is 0.258. The summed E-state index contributed by atoms with van der Waals surface area (Å²) in [6.45, 7) is 17.1. The number of fused-ring (bicyclic) bond motifs is 1. The van der Waals surface area contributed by atoms with Crippen LogP contribution in [0.3, 0.4) is 0 Å². The van der Waals surface area contributed by atoms with E-state index in [4.69, 9.17) is 4.98 Å². The van der Waals surface area contributed by atoms with Crippen LogP contribution in [0.25, 0.3) is 11.0 Å². The van der Waals surface area contributed by atoms with Crippen LogP contribution < -0.4 is 16.0 Å². The average molecular weight is 574 g/mol. The maximum Gasteiger partial charge on any atom is 0.253 e. The molecule has 3 N–H and O–H groups in total. The van der Waals surface area contributed by atoms with Gasteiger partial charge in [-0.05, 0) is 89.3 Å². The lowest BCUT2D eigenvalue weighted by molar-refractivity contribution is -0.116. The molecule has 0 saturated carbocycles. The first kappa shape index (κ1) is 36.4. The smallest absolute Gasteiger partial charge is 0.253 e. The standard InChI is InChI=1S/C26H43N5O2.C4H9N.C2H7N/c1-7-8-14-31-24-18-22(25(33)30(15-11-20(2)3)16-12-21(4)5)9-10-23(24)28-26(31)27-13-17-29(6)19-32;1-2-4-5-3-1;1-3-2/h9-10,18-21H,7-8,11-17H2,1-6H3,(H,27,28);5H,1-4H2;3H,1-2H3. The van der Waals surface area contributed by atoms with Crippen molar-refractivity contribution >= 4 is 29.3 Å². The zero-order valence-corrected chi connectivity index (χ0v) is 27.3. The van der Waals surface area contributed by atoms with E-state index >= 15 is 0 Å². The minimum Gasteiger partial charge on any atom is -0.354 e. The number of aromatic nitrogens is 2. The Morgan fingerprint density at radius 2 is 1.68 bits per heavy atom. The summed E-state index contributed by atoms with van der Waals surface area (Å²) >= 11 is 0. The molecule has 0 radical (unpaired) electrons. The molecular formula is C32H59N7O2. The number of hydrogen-bond donors (Lipinski definition) is 3. The molecule has 1 saturated heterocycles. The van der Waals surface area contributed by atoms with Gasteiger partial charge in [-0.2, -0.15) is 0 Å². The van der Waals surface area contributed by atoms with Crippen LogP contribution in [0.15, 0.2) is 18.2 Å². The van der Waals surface area contributed by atoms with Crippen LogP contribution in [0.5, 0.6) is 0 Å². The van der Waals surface area contributed by atoms with Gasteiger partial charge >= 0.3 is 0 Å². The Labute approximate surface area is 249 Å². The predicted molar refractivity (Wildman–Crippen MR) is 174 cm³/mol. The van der Waals surface area contributed by atoms with Crippen molar-refractivity contribution in [1.82, 2.24) is 30.0 Å². The van der Waals surface area contributed by atoms with Gasteiger partial charge < -0.3 is 30.3 Å². The first-order chi connectivity index (χ1) is 19.7. The highest BCUT2D eigenvalue weighted by Crippen LogP contribution is 2.23. The monoisotopic (exact) mass is 573 g/mol. The van der Waals surface area contributed by atoms with Crippen molar-refractivity contribution in [2.75, 3.05) is 65.7 Å². The number of unbranched alkanes of at least 4 members (excludes halogenated alkanes) is 1. The second-order valence-electron chi connectivity index (χ2n) is 11.8. The molecule has 1 fully saturated rings. The molecule has 9 nitrogen and oxygen atoms in total. The fourth-order valence-electron chi connectivity index (χ4n) is 4.28. The topological polar surface area (TPSA) is 94.5 Å². The summed E-state index contributed by atoms with van der Waals surface area (Å²) in [5.74, 6) is 2.01. The van der Waals surface area contributed by atoms with E-state index in [1.807, 2.05) is 37.2 Å². The van der Waals surface area contributed by atoms with Gasteiger partial charge in [0, 0.05) is 45.3 Å². The minimum atomic E-state index is 0.101. The Morgan fingerprint density at radius 1 is 1.07 bits per heavy atom. The van der Waals surface area contributed by atoms with Crippen molar-refractivity contribution in [3.8, 4) is 0 Å². The van der Waals surface area contributed by atoms with Gasteiger partial charge in [-0.15, -0.1) is 0 Å². The Bertz CT molecular complexity index is 966. The van der Waals surface area contributed by atoms with E-state index in [1.165, 1.54) is 25.9 Å². The molecule has 41 heavy (non-hydrogen) atoms. The molecule has 0 atom stereocenters. The zero-order valence-electron chi connectivity index (χ0n) is 27.3. The van der Waals surface area contributed by atoms with Crippen LogP contribution in [0.4, 0.5) is 5.95 Å². The first-order valence-electron chi connectivity index (χ1n) is 15.7. The number of aryl methyl sites for hydroxylation is 1. The van der Waals surface area contributed by atoms with Crippen LogP contribution in [-0.4, -0.2) is 92.1 Å². The third-order valence-electron chi connectivity index (χ3n) is 6.86. The second kappa shape index (κ2) is 21.1. The number of carbonyl (C=O) groups is 2. The second-order valence-corrected chi connectivity index (χ2v) is 11.8. The highest BCUT2D eigenvalue weighted by Gasteiger charge is 2.19. The Hall–Kier alpha value is -2.65. The highest BCUT2D eigenvalue weighted by atomic mass is 16.2. The van der Waals surface area contributed by atoms with Crippen molar-refractivity contribution in [2.45, 2.75) is 79.7 Å². The number of amides is 2. The van der Waals surface area contributed by atoms with E-state index in [1.54, 1.807) is 11.9 Å². The van der Waals surface area contributed by atoms with Gasteiger partial charge in [-0.1, -0.05) is 41.0 Å². The fourth-order valence-corrected chi connectivity index (χ4v) is 4.28. The number of likely N-dealkylation sites (N-methyl/N-ethyl adjacent to an activating group) is 1. The van der Waals surface area contributed by atoms with E-state index < -0.39 is 0 Å². The van der Waals surface area contributed by atoms with Gasteiger partial charge in [-0.3, -0.25) is 9.59 Å². The number of nitrogens with zero attached hydrogens (tertiary/aromatic N) is 4. The van der Waals surface area contributed by atoms with Crippen molar-refractivity contribution in [3.05, 3.63) is 23.8 Å². The van der Waals surface area contributed by atoms with E-state index in [9.17, 15) is 9.59 Å². The van der Waals surface area contributed by atoms with E-state index in [2.05, 4.69) is 55.1 Å². The Balaban J connectivity index is 0.000000911. The van der Waals surface area contributed by atoms with Gasteiger partial charge in [0.05, 0.1) is 11.0 Å². The molecule has 234 valence electrons. The number of hydrogen-bond acceptors (Lipinski definition) is 6. The van der Waals surface area contributed by atoms with Crippen LogP contribution in [0, 0.1) is 11.8 Å². The van der Waals surface area contributed by atoms with Gasteiger partial charge in [0.25, 0.3) is 5.91 Å². The summed E-state index contributed by atoms with van der Waals surface area (Å²) in [6.07, 6.45) is 7.71. The number of nitrogens with one attached hydrogen (secondary N) is 3. The van der Waals surface area contributed by atoms with Crippen molar-refractivity contribution in [1.29, 1.82) is 0 Å². The van der Waals surface area contributed by atoms with E-state index in [0.717, 1.165) is 74.3 Å². The molecular weight excluding hydrogens is 514 g/mol. The van der Waals surface area contributed by atoms with E-state index in [0.29, 0.717) is 24.9 Å². The lowest BCUT2D eigenvalue weighted by Gasteiger charge is -2.24. The van der Waals surface area contributed by atoms with Crippen molar-refractivity contribution < 1.29 is 9.59 Å². The molecule has 0 bridgehead atoms. The van der Waals surface area contributed by atoms with Gasteiger partial charge in [0.15, 0.2) is 0 Å². The molecule has 2 aromatic rings. The van der Waals surface area contributed by atoms with Crippen molar-refractivity contribution in [3.63, 3.8) is 0 Å². The summed E-state index contributed by atoms with van der Waals surface area (Å²) in [4.78, 5) is 32.7. The fraction of sp³-hybridized carbons (Fsp3) is 0.719. The van der Waals surface area contributed by atoms with Crippen LogP contribution in [-0.2, 0) is 11.3 Å². The minimum absolute atomic E-state index is 0.101. The molecule has 0 spiro atoms. The molecule has 2 heterocycles. The summed E-state index contributed by atoms with van der Waals surface area (Å²) < 4.78 is 2.17. The van der Waals surface area contributed by atoms with Gasteiger partial charge in [0.2, 0.25) is 12.4 Å². The molecule has 3 rings (SSSR count). The molecule has 9 heteroatoms. The van der Waals surface area contributed by atoms with Crippen LogP contribution >= 0.6 is 0 Å². The van der Waals surface area contributed by atoms with Gasteiger partial charge in [-0.25, -0.2) is 4.98 Å². The lowest BCUT2D eigenvalue weighted by atomic mass is 10.1. The number of rotatable bonds is 15. The summed E-state index contributed by atoms with van der Waals surface area (Å²) in [7, 11) is 5.51. The number of imidazole rings is 1. The number of benzene rings is 1. The maximum atomic E-state index is 13.5. The highest BCUT2D eigenvalue weighted by molar-refractivity contribution is 5.97. The summed E-state index contributed by atoms with van der Waals surface area (Å²) in [5, 5.41) is 9.34. The molecule has 1 aromatic carbocycles. The number of anilines is 1.